The quantitative estimate of drug-likeness (QED) is 0.601. The zero-order chi connectivity index (χ0) is 25.8. The van der Waals surface area contributed by atoms with Gasteiger partial charge in [-0.3, -0.25) is 4.79 Å². The number of amides is 3. The molecule has 2 aliphatic rings. The van der Waals surface area contributed by atoms with E-state index in [1.807, 2.05) is 46.0 Å². The molecule has 194 valence electrons. The third-order valence-corrected chi connectivity index (χ3v) is 8.09. The van der Waals surface area contributed by atoms with Crippen molar-refractivity contribution in [2.24, 2.45) is 5.92 Å². The van der Waals surface area contributed by atoms with Gasteiger partial charge in [0.1, 0.15) is 0 Å². The first-order valence-corrected chi connectivity index (χ1v) is 13.5. The Bertz CT molecular complexity index is 1030. The fourth-order valence-electron chi connectivity index (χ4n) is 5.17. The number of likely N-dealkylation sites (N-methyl/N-ethyl adjacent to an activating group) is 1. The van der Waals surface area contributed by atoms with E-state index in [-0.39, 0.29) is 18.0 Å². The van der Waals surface area contributed by atoms with Crippen molar-refractivity contribution in [1.82, 2.24) is 20.0 Å². The van der Waals surface area contributed by atoms with Gasteiger partial charge in [-0.1, -0.05) is 57.2 Å². The SMILES string of the molecule is CCc1ccc(-c2ccc(C(=O)N(C)[C@H]3CCN(C(=O)N4CC[C@@H](N[C@@H](C)C(C)C)C4)C3)cc2)cc1. The van der Waals surface area contributed by atoms with Crippen molar-refractivity contribution in [2.75, 3.05) is 33.2 Å². The lowest BCUT2D eigenvalue weighted by Crippen LogP contribution is -2.46. The monoisotopic (exact) mass is 490 g/mol. The van der Waals surface area contributed by atoms with Crippen LogP contribution in [0.3, 0.4) is 0 Å². The molecule has 3 atom stereocenters. The van der Waals surface area contributed by atoms with Crippen LogP contribution in [0.4, 0.5) is 4.79 Å². The molecule has 2 fully saturated rings. The Morgan fingerprint density at radius 3 is 2.11 bits per heavy atom. The van der Waals surface area contributed by atoms with Crippen LogP contribution in [0.25, 0.3) is 11.1 Å². The number of carbonyl (C=O) groups excluding carboxylic acids is 2. The van der Waals surface area contributed by atoms with Gasteiger partial charge in [-0.05, 0) is 60.9 Å². The highest BCUT2D eigenvalue weighted by molar-refractivity contribution is 5.95. The van der Waals surface area contributed by atoms with Gasteiger partial charge in [0.25, 0.3) is 5.91 Å². The number of nitrogens with zero attached hydrogens (tertiary/aromatic N) is 3. The van der Waals surface area contributed by atoms with Gasteiger partial charge in [-0.15, -0.1) is 0 Å². The molecule has 0 saturated carbocycles. The lowest BCUT2D eigenvalue weighted by atomic mass is 10.0. The molecule has 0 aromatic heterocycles. The first kappa shape index (κ1) is 26.2. The maximum absolute atomic E-state index is 13.2. The summed E-state index contributed by atoms with van der Waals surface area (Å²) in [5.41, 5.74) is 4.26. The zero-order valence-electron chi connectivity index (χ0n) is 22.5. The molecule has 2 saturated heterocycles. The maximum Gasteiger partial charge on any atom is 0.320 e. The lowest BCUT2D eigenvalue weighted by Gasteiger charge is -2.28. The van der Waals surface area contributed by atoms with Crippen LogP contribution in [0.2, 0.25) is 0 Å². The molecule has 4 rings (SSSR count). The van der Waals surface area contributed by atoms with Gasteiger partial charge in [0.2, 0.25) is 0 Å². The summed E-state index contributed by atoms with van der Waals surface area (Å²) in [7, 11) is 1.86. The average molecular weight is 491 g/mol. The molecule has 0 unspecified atom stereocenters. The zero-order valence-corrected chi connectivity index (χ0v) is 22.5. The van der Waals surface area contributed by atoms with Crippen molar-refractivity contribution in [1.29, 1.82) is 0 Å². The summed E-state index contributed by atoms with van der Waals surface area (Å²) in [6.07, 6.45) is 2.84. The predicted octanol–water partition coefficient (Wildman–Crippen LogP) is 4.89. The largest absolute Gasteiger partial charge is 0.337 e. The number of likely N-dealkylation sites (tertiary alicyclic amines) is 2. The van der Waals surface area contributed by atoms with E-state index in [1.54, 1.807) is 0 Å². The van der Waals surface area contributed by atoms with Crippen molar-refractivity contribution < 1.29 is 9.59 Å². The van der Waals surface area contributed by atoms with E-state index >= 15 is 0 Å². The van der Waals surface area contributed by atoms with Crippen LogP contribution >= 0.6 is 0 Å². The summed E-state index contributed by atoms with van der Waals surface area (Å²) in [4.78, 5) is 32.1. The van der Waals surface area contributed by atoms with Crippen LogP contribution in [-0.4, -0.2) is 78.0 Å². The van der Waals surface area contributed by atoms with E-state index in [4.69, 9.17) is 0 Å². The molecule has 3 amide bonds. The summed E-state index contributed by atoms with van der Waals surface area (Å²) in [5, 5.41) is 3.67. The van der Waals surface area contributed by atoms with Crippen molar-refractivity contribution in [3.05, 3.63) is 59.7 Å². The topological polar surface area (TPSA) is 55.9 Å². The second kappa shape index (κ2) is 11.5. The molecule has 2 aromatic carbocycles. The van der Waals surface area contributed by atoms with E-state index in [1.165, 1.54) is 5.56 Å². The number of urea groups is 1. The number of aryl methyl sites for hydroxylation is 1. The molecule has 0 aliphatic carbocycles. The second-order valence-electron chi connectivity index (χ2n) is 10.8. The highest BCUT2D eigenvalue weighted by Gasteiger charge is 2.36. The molecule has 2 heterocycles. The maximum atomic E-state index is 13.2. The number of rotatable bonds is 7. The van der Waals surface area contributed by atoms with Crippen molar-refractivity contribution in [3.8, 4) is 11.1 Å². The van der Waals surface area contributed by atoms with Crippen LogP contribution in [0.1, 0.15) is 56.5 Å². The number of nitrogens with one attached hydrogen (secondary N) is 1. The molecular weight excluding hydrogens is 448 g/mol. The molecule has 2 aliphatic heterocycles. The van der Waals surface area contributed by atoms with E-state index in [0.717, 1.165) is 43.5 Å². The van der Waals surface area contributed by atoms with Crippen LogP contribution in [-0.2, 0) is 6.42 Å². The second-order valence-corrected chi connectivity index (χ2v) is 10.8. The lowest BCUT2D eigenvalue weighted by molar-refractivity contribution is 0.0735. The molecule has 0 radical (unpaired) electrons. The molecule has 0 bridgehead atoms. The predicted molar refractivity (Wildman–Crippen MR) is 146 cm³/mol. The number of hydrogen-bond donors (Lipinski definition) is 1. The summed E-state index contributed by atoms with van der Waals surface area (Å²) in [6, 6.07) is 17.4. The van der Waals surface area contributed by atoms with Gasteiger partial charge in [-0.2, -0.15) is 0 Å². The summed E-state index contributed by atoms with van der Waals surface area (Å²) < 4.78 is 0. The van der Waals surface area contributed by atoms with E-state index in [0.29, 0.717) is 36.7 Å². The molecule has 2 aromatic rings. The smallest absolute Gasteiger partial charge is 0.320 e. The molecule has 6 nitrogen and oxygen atoms in total. The van der Waals surface area contributed by atoms with Crippen molar-refractivity contribution in [3.63, 3.8) is 0 Å². The van der Waals surface area contributed by atoms with Gasteiger partial charge in [0.15, 0.2) is 0 Å². The number of hydrogen-bond acceptors (Lipinski definition) is 3. The standard InChI is InChI=1S/C30H42N4O2/c1-6-23-7-9-24(10-8-23)25-11-13-26(14-12-25)29(35)32(5)28-16-18-34(20-28)30(36)33-17-15-27(19-33)31-22(4)21(2)3/h7-14,21-22,27-28,31H,6,15-20H2,1-5H3/t22-,27+,28-/m0/s1. The van der Waals surface area contributed by atoms with Crippen LogP contribution in [0, 0.1) is 5.92 Å². The Morgan fingerprint density at radius 1 is 0.917 bits per heavy atom. The Hall–Kier alpha value is -2.86. The fraction of sp³-hybridized carbons (Fsp3) is 0.533. The van der Waals surface area contributed by atoms with Crippen LogP contribution in [0.5, 0.6) is 0 Å². The van der Waals surface area contributed by atoms with Crippen molar-refractivity contribution >= 4 is 11.9 Å². The van der Waals surface area contributed by atoms with Gasteiger partial charge < -0.3 is 20.0 Å². The van der Waals surface area contributed by atoms with E-state index < -0.39 is 0 Å². The van der Waals surface area contributed by atoms with E-state index in [2.05, 4.69) is 57.3 Å². The van der Waals surface area contributed by atoms with Gasteiger partial charge in [0.05, 0.1) is 6.04 Å². The Morgan fingerprint density at radius 2 is 1.50 bits per heavy atom. The third kappa shape index (κ3) is 5.92. The minimum atomic E-state index is 0.00953. The third-order valence-electron chi connectivity index (χ3n) is 8.09. The van der Waals surface area contributed by atoms with Crippen molar-refractivity contribution in [2.45, 2.75) is 65.1 Å². The summed E-state index contributed by atoms with van der Waals surface area (Å²) in [5.74, 6) is 0.584. The van der Waals surface area contributed by atoms with Gasteiger partial charge in [-0.25, -0.2) is 4.79 Å². The Balaban J connectivity index is 1.30. The first-order valence-electron chi connectivity index (χ1n) is 13.5. The molecule has 0 spiro atoms. The van der Waals surface area contributed by atoms with Gasteiger partial charge >= 0.3 is 6.03 Å². The normalized spacial score (nSPS) is 20.7. The highest BCUT2D eigenvalue weighted by Crippen LogP contribution is 2.23. The number of benzene rings is 2. The summed E-state index contributed by atoms with van der Waals surface area (Å²) in [6.45, 7) is 11.7. The Labute approximate surface area is 216 Å². The fourth-order valence-corrected chi connectivity index (χ4v) is 5.17. The molecule has 36 heavy (non-hydrogen) atoms. The first-order chi connectivity index (χ1) is 17.3. The Kier molecular flexibility index (Phi) is 8.35. The van der Waals surface area contributed by atoms with Crippen LogP contribution < -0.4 is 5.32 Å². The molecular formula is C30H42N4O2. The molecule has 1 N–H and O–H groups in total. The van der Waals surface area contributed by atoms with Crippen LogP contribution in [0.15, 0.2) is 48.5 Å². The van der Waals surface area contributed by atoms with E-state index in [9.17, 15) is 9.59 Å². The summed E-state index contributed by atoms with van der Waals surface area (Å²) >= 11 is 0. The minimum Gasteiger partial charge on any atom is -0.337 e. The average Bonchev–Trinajstić information content (AvgIpc) is 3.58. The number of carbonyl (C=O) groups is 2. The molecule has 6 heteroatoms. The highest BCUT2D eigenvalue weighted by atomic mass is 16.2. The minimum absolute atomic E-state index is 0.00953. The van der Waals surface area contributed by atoms with Gasteiger partial charge in [0, 0.05) is 50.9 Å².